The molecule has 0 atom stereocenters. The monoisotopic (exact) mass is 424 g/mol. The fraction of sp³-hybridized carbons (Fsp3) is 0.273. The molecule has 0 radical (unpaired) electrons. The summed E-state index contributed by atoms with van der Waals surface area (Å²) in [5.74, 6) is 2.11. The summed E-state index contributed by atoms with van der Waals surface area (Å²) < 4.78 is 10.7. The topological polar surface area (TPSA) is 70.7 Å². The molecule has 1 amide bonds. The van der Waals surface area contributed by atoms with Gasteiger partial charge in [0, 0.05) is 32.3 Å². The highest BCUT2D eigenvalue weighted by Crippen LogP contribution is 2.40. The van der Waals surface area contributed by atoms with E-state index in [9.17, 15) is 4.79 Å². The van der Waals surface area contributed by atoms with Gasteiger partial charge in [0.1, 0.15) is 5.82 Å². The van der Waals surface area contributed by atoms with Crippen molar-refractivity contribution in [2.45, 2.75) is 6.54 Å². The molecule has 0 spiro atoms. The lowest BCUT2D eigenvalue weighted by Crippen LogP contribution is -2.47. The van der Waals surface area contributed by atoms with Crippen LogP contribution in [0.4, 0.5) is 0 Å². The normalized spacial score (nSPS) is 16.6. The summed E-state index contributed by atoms with van der Waals surface area (Å²) in [4.78, 5) is 24.8. The summed E-state index contributed by atoms with van der Waals surface area (Å²) in [6.45, 7) is 3.91. The quantitative estimate of drug-likeness (QED) is 0.651. The van der Waals surface area contributed by atoms with Crippen LogP contribution in [0.15, 0.2) is 42.5 Å². The third-order valence-electron chi connectivity index (χ3n) is 5.36. The van der Waals surface area contributed by atoms with Crippen LogP contribution < -0.4 is 9.47 Å². The summed E-state index contributed by atoms with van der Waals surface area (Å²) in [6, 6.07) is 11.6. The van der Waals surface area contributed by atoms with E-state index in [1.165, 1.54) is 0 Å². The van der Waals surface area contributed by atoms with Crippen molar-refractivity contribution in [3.63, 3.8) is 0 Å². The second-order valence-electron chi connectivity index (χ2n) is 7.37. The summed E-state index contributed by atoms with van der Waals surface area (Å²) in [6.07, 6.45) is 3.35. The highest BCUT2D eigenvalue weighted by atomic mass is 35.5. The highest BCUT2D eigenvalue weighted by Gasteiger charge is 2.21. The number of hydrogen-bond donors (Lipinski definition) is 1. The molecule has 0 unspecified atom stereocenters. The molecule has 3 heterocycles. The van der Waals surface area contributed by atoms with Crippen molar-refractivity contribution in [2.75, 3.05) is 33.0 Å². The first-order chi connectivity index (χ1) is 14.7. The zero-order chi connectivity index (χ0) is 20.5. The van der Waals surface area contributed by atoms with E-state index in [1.54, 1.807) is 18.2 Å². The minimum atomic E-state index is -0.00724. The van der Waals surface area contributed by atoms with Gasteiger partial charge in [-0.15, -0.1) is 0 Å². The van der Waals surface area contributed by atoms with Gasteiger partial charge in [-0.25, -0.2) is 4.98 Å². The molecule has 5 rings (SSSR count). The van der Waals surface area contributed by atoms with E-state index < -0.39 is 0 Å². The summed E-state index contributed by atoms with van der Waals surface area (Å²) in [7, 11) is 0. The van der Waals surface area contributed by atoms with Crippen LogP contribution in [-0.2, 0) is 11.3 Å². The average molecular weight is 425 g/mol. The number of H-pyrrole nitrogens is 1. The minimum absolute atomic E-state index is 0.00724. The predicted molar refractivity (Wildman–Crippen MR) is 115 cm³/mol. The zero-order valence-electron chi connectivity index (χ0n) is 16.3. The molecular formula is C22H21ClN4O3. The van der Waals surface area contributed by atoms with E-state index in [4.69, 9.17) is 21.1 Å². The number of fused-ring (bicyclic) bond motifs is 2. The van der Waals surface area contributed by atoms with E-state index in [-0.39, 0.29) is 12.7 Å². The molecule has 154 valence electrons. The summed E-state index contributed by atoms with van der Waals surface area (Å²) in [5, 5.41) is 0.483. The largest absolute Gasteiger partial charge is 0.454 e. The standard InChI is InChI=1S/C22H21ClN4O3/c23-16-11-15(12-19-22(16)30-14-29-19)5-6-21(28)27-9-7-26(8-10-27)13-20-24-17-3-1-2-4-18(17)25-20/h1-6,11-12H,7-10,13-14H2,(H,24,25)/b6-5+. The number of carbonyl (C=O) groups is 1. The van der Waals surface area contributed by atoms with E-state index in [2.05, 4.69) is 14.9 Å². The number of piperazine rings is 1. The number of ether oxygens (including phenoxy) is 2. The van der Waals surface area contributed by atoms with Gasteiger partial charge in [0.05, 0.1) is 22.6 Å². The Morgan fingerprint density at radius 1 is 1.17 bits per heavy atom. The maximum Gasteiger partial charge on any atom is 0.246 e. The number of amides is 1. The molecule has 1 fully saturated rings. The van der Waals surface area contributed by atoms with E-state index in [0.717, 1.165) is 42.1 Å². The van der Waals surface area contributed by atoms with E-state index >= 15 is 0 Å². The Hall–Kier alpha value is -3.03. The van der Waals surface area contributed by atoms with Gasteiger partial charge in [-0.05, 0) is 35.9 Å². The number of nitrogens with zero attached hydrogens (tertiary/aromatic N) is 3. The Balaban J connectivity index is 1.17. The lowest BCUT2D eigenvalue weighted by atomic mass is 10.2. The molecule has 1 N–H and O–H groups in total. The number of imidazole rings is 1. The lowest BCUT2D eigenvalue weighted by molar-refractivity contribution is -0.127. The van der Waals surface area contributed by atoms with E-state index in [1.807, 2.05) is 35.2 Å². The number of aromatic nitrogens is 2. The second-order valence-corrected chi connectivity index (χ2v) is 7.78. The third kappa shape index (κ3) is 3.86. The van der Waals surface area contributed by atoms with Crippen molar-refractivity contribution in [2.24, 2.45) is 0 Å². The smallest absolute Gasteiger partial charge is 0.246 e. The third-order valence-corrected chi connectivity index (χ3v) is 5.64. The molecule has 1 saturated heterocycles. The molecule has 0 saturated carbocycles. The number of carbonyl (C=O) groups excluding carboxylic acids is 1. The molecule has 30 heavy (non-hydrogen) atoms. The number of nitrogens with one attached hydrogen (secondary N) is 1. The number of hydrogen-bond acceptors (Lipinski definition) is 5. The molecule has 3 aromatic rings. The molecule has 2 aromatic carbocycles. The van der Waals surface area contributed by atoms with Crippen molar-refractivity contribution in [3.05, 3.63) is 58.9 Å². The first kappa shape index (κ1) is 19.0. The summed E-state index contributed by atoms with van der Waals surface area (Å²) in [5.41, 5.74) is 2.84. The highest BCUT2D eigenvalue weighted by molar-refractivity contribution is 6.32. The van der Waals surface area contributed by atoms with Crippen LogP contribution in [0.5, 0.6) is 11.5 Å². The number of halogens is 1. The number of benzene rings is 2. The Labute approximate surface area is 178 Å². The van der Waals surface area contributed by atoms with Crippen LogP contribution in [0.2, 0.25) is 5.02 Å². The van der Waals surface area contributed by atoms with Crippen molar-refractivity contribution >= 4 is 34.6 Å². The Bertz CT molecular complexity index is 1090. The molecule has 2 aliphatic heterocycles. The van der Waals surface area contributed by atoms with Gasteiger partial charge in [0.25, 0.3) is 0 Å². The minimum Gasteiger partial charge on any atom is -0.454 e. The molecular weight excluding hydrogens is 404 g/mol. The van der Waals surface area contributed by atoms with Crippen LogP contribution in [0, 0.1) is 0 Å². The SMILES string of the molecule is O=C(/C=C/c1cc(Cl)c2c(c1)OCO2)N1CCN(Cc2nc3ccccc3[nH]2)CC1. The maximum atomic E-state index is 12.6. The number of rotatable bonds is 4. The molecule has 7 nitrogen and oxygen atoms in total. The zero-order valence-corrected chi connectivity index (χ0v) is 17.1. The van der Waals surface area contributed by atoms with Crippen LogP contribution in [0.3, 0.4) is 0 Å². The van der Waals surface area contributed by atoms with Crippen molar-refractivity contribution < 1.29 is 14.3 Å². The lowest BCUT2D eigenvalue weighted by Gasteiger charge is -2.33. The van der Waals surface area contributed by atoms with Gasteiger partial charge >= 0.3 is 0 Å². The Morgan fingerprint density at radius 3 is 2.83 bits per heavy atom. The fourth-order valence-electron chi connectivity index (χ4n) is 3.78. The van der Waals surface area contributed by atoms with Crippen molar-refractivity contribution in [1.29, 1.82) is 0 Å². The van der Waals surface area contributed by atoms with Crippen LogP contribution in [-0.4, -0.2) is 58.6 Å². The first-order valence-electron chi connectivity index (χ1n) is 9.88. The number of para-hydroxylation sites is 2. The van der Waals surface area contributed by atoms with Crippen LogP contribution >= 0.6 is 11.6 Å². The van der Waals surface area contributed by atoms with Crippen LogP contribution in [0.25, 0.3) is 17.1 Å². The molecule has 8 heteroatoms. The molecule has 2 aliphatic rings. The Kier molecular flexibility index (Phi) is 5.06. The number of aromatic amines is 1. The second kappa shape index (κ2) is 8.01. The predicted octanol–water partition coefficient (Wildman–Crippen LogP) is 3.30. The van der Waals surface area contributed by atoms with Gasteiger partial charge in [-0.3, -0.25) is 9.69 Å². The molecule has 1 aromatic heterocycles. The van der Waals surface area contributed by atoms with Gasteiger partial charge in [-0.1, -0.05) is 23.7 Å². The molecule has 0 bridgehead atoms. The van der Waals surface area contributed by atoms with Gasteiger partial charge in [0.2, 0.25) is 12.7 Å². The summed E-state index contributed by atoms with van der Waals surface area (Å²) >= 11 is 6.20. The van der Waals surface area contributed by atoms with E-state index in [0.29, 0.717) is 29.6 Å². The van der Waals surface area contributed by atoms with Crippen LogP contribution in [0.1, 0.15) is 11.4 Å². The van der Waals surface area contributed by atoms with Gasteiger partial charge in [-0.2, -0.15) is 0 Å². The van der Waals surface area contributed by atoms with Gasteiger partial charge in [0.15, 0.2) is 11.5 Å². The average Bonchev–Trinajstić information content (AvgIpc) is 3.39. The van der Waals surface area contributed by atoms with Crippen molar-refractivity contribution in [1.82, 2.24) is 19.8 Å². The van der Waals surface area contributed by atoms with Gasteiger partial charge < -0.3 is 19.4 Å². The Morgan fingerprint density at radius 2 is 2.00 bits per heavy atom. The first-order valence-corrected chi connectivity index (χ1v) is 10.3. The fourth-order valence-corrected chi connectivity index (χ4v) is 4.05. The maximum absolute atomic E-state index is 12.6. The van der Waals surface area contributed by atoms with Crippen molar-refractivity contribution in [3.8, 4) is 11.5 Å². The molecule has 0 aliphatic carbocycles.